The van der Waals surface area contributed by atoms with Gasteiger partial charge in [0.25, 0.3) is 5.56 Å². The summed E-state index contributed by atoms with van der Waals surface area (Å²) < 4.78 is 17.5. The molecule has 0 aliphatic carbocycles. The van der Waals surface area contributed by atoms with Crippen molar-refractivity contribution in [3.8, 4) is 5.75 Å². The van der Waals surface area contributed by atoms with E-state index in [1.807, 2.05) is 58.0 Å². The van der Waals surface area contributed by atoms with E-state index in [9.17, 15) is 14.7 Å². The quantitative estimate of drug-likeness (QED) is 0.613. The molecule has 0 unspecified atom stereocenters. The number of rotatable bonds is 6. The molecule has 2 aromatic rings. The Morgan fingerprint density at radius 3 is 2.45 bits per heavy atom. The standard InChI is InChI=1S/C22H27BN2O6/c1-21(2)22(3,4)31-23(30-21)17(10-16-11-18(26)19(27)24-12-16)13-25-20(28)29-14-15-8-6-5-7-9-15/h5-12,26H,13-14H2,1-4H3,(H,24,27)(H,25,28). The number of benzene rings is 1. The summed E-state index contributed by atoms with van der Waals surface area (Å²) in [4.78, 5) is 26.1. The lowest BCUT2D eigenvalue weighted by Gasteiger charge is -2.32. The number of hydrogen-bond donors (Lipinski definition) is 3. The molecule has 3 N–H and O–H groups in total. The van der Waals surface area contributed by atoms with Crippen molar-refractivity contribution in [3.63, 3.8) is 0 Å². The number of carbonyl (C=O) groups excluding carboxylic acids is 1. The van der Waals surface area contributed by atoms with Gasteiger partial charge >= 0.3 is 13.2 Å². The van der Waals surface area contributed by atoms with Crippen LogP contribution in [0.3, 0.4) is 0 Å². The number of aromatic amines is 1. The fourth-order valence-corrected chi connectivity index (χ4v) is 2.93. The molecular formula is C22H27BN2O6. The number of nitrogens with one attached hydrogen (secondary N) is 2. The largest absolute Gasteiger partial charge is 0.503 e. The summed E-state index contributed by atoms with van der Waals surface area (Å²) in [5.41, 5.74) is 0.276. The second-order valence-electron chi connectivity index (χ2n) is 8.37. The van der Waals surface area contributed by atoms with Crippen LogP contribution < -0.4 is 10.9 Å². The molecule has 2 heterocycles. The minimum Gasteiger partial charge on any atom is -0.503 e. The lowest BCUT2D eigenvalue weighted by atomic mass is 9.77. The smallest absolute Gasteiger partial charge is 0.492 e. The van der Waals surface area contributed by atoms with E-state index in [4.69, 9.17) is 14.0 Å². The minimum atomic E-state index is -0.728. The molecule has 3 rings (SSSR count). The molecule has 0 atom stereocenters. The van der Waals surface area contributed by atoms with Crippen LogP contribution in [0.2, 0.25) is 0 Å². The summed E-state index contributed by atoms with van der Waals surface area (Å²) >= 11 is 0. The van der Waals surface area contributed by atoms with E-state index in [0.717, 1.165) is 5.56 Å². The van der Waals surface area contributed by atoms with Crippen molar-refractivity contribution in [2.75, 3.05) is 6.54 Å². The third-order valence-electron chi connectivity index (χ3n) is 5.46. The van der Waals surface area contributed by atoms with Crippen molar-refractivity contribution in [1.82, 2.24) is 10.3 Å². The van der Waals surface area contributed by atoms with Crippen molar-refractivity contribution < 1.29 is 23.9 Å². The van der Waals surface area contributed by atoms with Crippen LogP contribution >= 0.6 is 0 Å². The van der Waals surface area contributed by atoms with Gasteiger partial charge in [0, 0.05) is 12.7 Å². The number of alkyl carbamates (subject to hydrolysis) is 1. The van der Waals surface area contributed by atoms with Gasteiger partial charge in [0.05, 0.1) is 11.2 Å². The van der Waals surface area contributed by atoms with Gasteiger partial charge in [0.1, 0.15) is 6.61 Å². The van der Waals surface area contributed by atoms with E-state index < -0.39 is 35.7 Å². The number of aromatic nitrogens is 1. The van der Waals surface area contributed by atoms with Gasteiger partial charge in [-0.25, -0.2) is 4.79 Å². The maximum absolute atomic E-state index is 12.2. The summed E-state index contributed by atoms with van der Waals surface area (Å²) in [6.45, 7) is 7.95. The fourth-order valence-electron chi connectivity index (χ4n) is 2.93. The van der Waals surface area contributed by atoms with Gasteiger partial charge in [-0.3, -0.25) is 4.79 Å². The topological polar surface area (TPSA) is 110 Å². The Morgan fingerprint density at radius 1 is 1.19 bits per heavy atom. The average molecular weight is 426 g/mol. The number of carbonyl (C=O) groups is 1. The third-order valence-corrected chi connectivity index (χ3v) is 5.46. The first kappa shape index (κ1) is 22.6. The predicted molar refractivity (Wildman–Crippen MR) is 117 cm³/mol. The van der Waals surface area contributed by atoms with Gasteiger partial charge in [-0.15, -0.1) is 0 Å². The maximum Gasteiger partial charge on any atom is 0.492 e. The number of ether oxygens (including phenoxy) is 1. The Bertz CT molecular complexity index is 1000. The molecule has 0 spiro atoms. The highest BCUT2D eigenvalue weighted by Gasteiger charge is 2.52. The first-order valence-electron chi connectivity index (χ1n) is 10.00. The van der Waals surface area contributed by atoms with E-state index in [-0.39, 0.29) is 13.2 Å². The molecule has 1 aromatic carbocycles. The first-order valence-corrected chi connectivity index (χ1v) is 10.00. The summed E-state index contributed by atoms with van der Waals surface area (Å²) in [5.74, 6) is -0.405. The van der Waals surface area contributed by atoms with E-state index in [1.54, 1.807) is 6.08 Å². The molecule has 1 aromatic heterocycles. The van der Waals surface area contributed by atoms with Crippen LogP contribution in [-0.2, 0) is 20.7 Å². The Balaban J connectivity index is 1.74. The van der Waals surface area contributed by atoms with Crippen LogP contribution in [0.15, 0.2) is 52.9 Å². The lowest BCUT2D eigenvalue weighted by molar-refractivity contribution is 0.00578. The van der Waals surface area contributed by atoms with Gasteiger partial charge in [0.15, 0.2) is 5.75 Å². The van der Waals surface area contributed by atoms with Crippen molar-refractivity contribution in [1.29, 1.82) is 0 Å². The molecule has 0 radical (unpaired) electrons. The molecular weight excluding hydrogens is 399 g/mol. The third kappa shape index (κ3) is 5.56. The van der Waals surface area contributed by atoms with E-state index in [1.165, 1.54) is 12.3 Å². The van der Waals surface area contributed by atoms with Gasteiger partial charge < -0.3 is 29.5 Å². The summed E-state index contributed by atoms with van der Waals surface area (Å²) in [7, 11) is -0.728. The highest BCUT2D eigenvalue weighted by atomic mass is 16.7. The molecule has 1 amide bonds. The molecule has 9 heteroatoms. The Kier molecular flexibility index (Phi) is 6.57. The molecule has 31 heavy (non-hydrogen) atoms. The molecule has 0 bridgehead atoms. The summed E-state index contributed by atoms with van der Waals surface area (Å²) in [5, 5.41) is 12.4. The highest BCUT2D eigenvalue weighted by Crippen LogP contribution is 2.38. The van der Waals surface area contributed by atoms with Crippen LogP contribution in [-0.4, -0.2) is 41.0 Å². The Morgan fingerprint density at radius 2 is 1.84 bits per heavy atom. The van der Waals surface area contributed by atoms with Crippen molar-refractivity contribution in [2.45, 2.75) is 45.5 Å². The Hall–Kier alpha value is -3.04. The molecule has 1 fully saturated rings. The Labute approximate surface area is 181 Å². The summed E-state index contributed by atoms with van der Waals surface area (Å²) in [6, 6.07) is 10.7. The lowest BCUT2D eigenvalue weighted by Crippen LogP contribution is -2.41. The van der Waals surface area contributed by atoms with Gasteiger partial charge in [0.2, 0.25) is 0 Å². The first-order chi connectivity index (χ1) is 14.6. The molecule has 8 nitrogen and oxygen atoms in total. The summed E-state index contributed by atoms with van der Waals surface area (Å²) in [6.07, 6.45) is 2.56. The molecule has 1 aliphatic heterocycles. The SMILES string of the molecule is CC1(C)OB(C(=Cc2c[nH]c(=O)c(O)c2)CNC(=O)OCc2ccccc2)OC1(C)C. The molecule has 1 aliphatic rings. The monoisotopic (exact) mass is 426 g/mol. The second kappa shape index (κ2) is 8.99. The van der Waals surface area contributed by atoms with Crippen molar-refractivity contribution >= 4 is 19.3 Å². The van der Waals surface area contributed by atoms with Crippen LogP contribution in [0.4, 0.5) is 4.79 Å². The number of H-pyrrole nitrogens is 1. The number of pyridine rings is 1. The van der Waals surface area contributed by atoms with Gasteiger partial charge in [-0.05, 0) is 50.4 Å². The number of hydrogen-bond acceptors (Lipinski definition) is 6. The zero-order valence-corrected chi connectivity index (χ0v) is 18.1. The number of amides is 1. The molecule has 0 saturated carbocycles. The van der Waals surface area contributed by atoms with E-state index in [0.29, 0.717) is 11.0 Å². The predicted octanol–water partition coefficient (Wildman–Crippen LogP) is 3.02. The second-order valence-corrected chi connectivity index (χ2v) is 8.37. The fraction of sp³-hybridized carbons (Fsp3) is 0.364. The normalized spacial score (nSPS) is 17.4. The van der Waals surface area contributed by atoms with E-state index >= 15 is 0 Å². The van der Waals surface area contributed by atoms with Crippen LogP contribution in [0, 0.1) is 0 Å². The van der Waals surface area contributed by atoms with E-state index in [2.05, 4.69) is 10.3 Å². The highest BCUT2D eigenvalue weighted by molar-refractivity contribution is 6.56. The van der Waals surface area contributed by atoms with Crippen LogP contribution in [0.5, 0.6) is 5.75 Å². The van der Waals surface area contributed by atoms with Crippen LogP contribution in [0.1, 0.15) is 38.8 Å². The van der Waals surface area contributed by atoms with Gasteiger partial charge in [-0.1, -0.05) is 36.4 Å². The van der Waals surface area contributed by atoms with Gasteiger partial charge in [-0.2, -0.15) is 0 Å². The minimum absolute atomic E-state index is 0.0876. The number of aromatic hydroxyl groups is 1. The maximum atomic E-state index is 12.2. The zero-order chi connectivity index (χ0) is 22.6. The van der Waals surface area contributed by atoms with Crippen molar-refractivity contribution in [2.24, 2.45) is 0 Å². The van der Waals surface area contributed by atoms with Crippen LogP contribution in [0.25, 0.3) is 6.08 Å². The van der Waals surface area contributed by atoms with Crippen molar-refractivity contribution in [3.05, 3.63) is 69.5 Å². The average Bonchev–Trinajstić information content (AvgIpc) is 2.94. The zero-order valence-electron chi connectivity index (χ0n) is 18.1. The molecule has 1 saturated heterocycles. The molecule has 164 valence electrons.